The molecule has 8 nitrogen and oxygen atoms in total. The third-order valence-corrected chi connectivity index (χ3v) is 8.01. The van der Waals surface area contributed by atoms with Crippen LogP contribution >= 0.6 is 11.6 Å². The molecule has 2 aliphatic rings. The average Bonchev–Trinajstić information content (AvgIpc) is 2.80. The Labute approximate surface area is 196 Å². The molecular formula is C22H23ClFN3O5S. The monoisotopic (exact) mass is 495 g/mol. The average molecular weight is 496 g/mol. The number of sulfonamides is 1. The molecule has 0 saturated carbocycles. The molecule has 1 atom stereocenters. The summed E-state index contributed by atoms with van der Waals surface area (Å²) in [5.41, 5.74) is 0.434. The molecule has 0 spiro atoms. The van der Waals surface area contributed by atoms with Crippen molar-refractivity contribution in [2.75, 3.05) is 31.5 Å². The van der Waals surface area contributed by atoms with Gasteiger partial charge in [0.1, 0.15) is 11.6 Å². The fraction of sp³-hybridized carbons (Fsp3) is 0.364. The predicted octanol–water partition coefficient (Wildman–Crippen LogP) is 2.66. The van der Waals surface area contributed by atoms with E-state index in [2.05, 4.69) is 5.32 Å². The number of piperazine rings is 1. The Kier molecular flexibility index (Phi) is 6.60. The number of ether oxygens (including phenoxy) is 1. The van der Waals surface area contributed by atoms with E-state index in [-0.39, 0.29) is 59.9 Å². The van der Waals surface area contributed by atoms with E-state index in [1.54, 1.807) is 0 Å². The molecular weight excluding hydrogens is 473 g/mol. The van der Waals surface area contributed by atoms with Gasteiger partial charge in [-0.15, -0.1) is 0 Å². The van der Waals surface area contributed by atoms with Crippen molar-refractivity contribution in [1.82, 2.24) is 9.21 Å². The number of hydrogen-bond acceptors (Lipinski definition) is 5. The zero-order valence-corrected chi connectivity index (χ0v) is 19.5. The predicted molar refractivity (Wildman–Crippen MR) is 120 cm³/mol. The van der Waals surface area contributed by atoms with Gasteiger partial charge in [-0.1, -0.05) is 24.6 Å². The van der Waals surface area contributed by atoms with Crippen LogP contribution in [-0.2, 0) is 26.0 Å². The second kappa shape index (κ2) is 9.28. The van der Waals surface area contributed by atoms with Gasteiger partial charge >= 0.3 is 0 Å². The summed E-state index contributed by atoms with van der Waals surface area (Å²) in [5, 5.41) is 2.87. The minimum atomic E-state index is -3.85. The second-order valence-electron chi connectivity index (χ2n) is 7.82. The number of carbonyl (C=O) groups excluding carboxylic acids is 2. The topological polar surface area (TPSA) is 96.0 Å². The summed E-state index contributed by atoms with van der Waals surface area (Å²) < 4.78 is 47.2. The first kappa shape index (κ1) is 23.5. The van der Waals surface area contributed by atoms with Crippen molar-refractivity contribution < 1.29 is 27.1 Å². The van der Waals surface area contributed by atoms with E-state index in [1.807, 2.05) is 6.92 Å². The molecule has 0 bridgehead atoms. The molecule has 2 aromatic rings. The highest BCUT2D eigenvalue weighted by molar-refractivity contribution is 7.89. The van der Waals surface area contributed by atoms with Crippen molar-refractivity contribution in [3.8, 4) is 5.75 Å². The first-order valence-electron chi connectivity index (χ1n) is 10.5. The van der Waals surface area contributed by atoms with Crippen molar-refractivity contribution in [3.05, 3.63) is 52.8 Å². The van der Waals surface area contributed by atoms with Gasteiger partial charge in [0, 0.05) is 36.8 Å². The van der Waals surface area contributed by atoms with Crippen LogP contribution in [0.3, 0.4) is 0 Å². The Balaban J connectivity index is 1.43. The summed E-state index contributed by atoms with van der Waals surface area (Å²) >= 11 is 6.01. The normalized spacial score (nSPS) is 18.9. The lowest BCUT2D eigenvalue weighted by Crippen LogP contribution is -2.50. The maximum absolute atomic E-state index is 14.0. The second-order valence-corrected chi connectivity index (χ2v) is 10.2. The number of anilines is 1. The number of nitrogens with zero attached hydrogens (tertiary/aromatic N) is 2. The van der Waals surface area contributed by atoms with E-state index in [0.717, 1.165) is 0 Å². The van der Waals surface area contributed by atoms with Crippen molar-refractivity contribution in [1.29, 1.82) is 0 Å². The van der Waals surface area contributed by atoms with E-state index in [0.29, 0.717) is 17.9 Å². The number of halogens is 2. The van der Waals surface area contributed by atoms with Crippen molar-refractivity contribution in [2.45, 2.75) is 30.8 Å². The van der Waals surface area contributed by atoms with Crippen LogP contribution in [-0.4, -0.2) is 61.7 Å². The van der Waals surface area contributed by atoms with Gasteiger partial charge in [-0.3, -0.25) is 9.59 Å². The number of amides is 2. The van der Waals surface area contributed by atoms with Gasteiger partial charge < -0.3 is 15.0 Å². The molecule has 1 N–H and O–H groups in total. The molecule has 2 aromatic carbocycles. The third-order valence-electron chi connectivity index (χ3n) is 5.76. The summed E-state index contributed by atoms with van der Waals surface area (Å²) in [6.07, 6.45) is -0.302. The first-order valence-corrected chi connectivity index (χ1v) is 12.3. The van der Waals surface area contributed by atoms with E-state index in [1.165, 1.54) is 45.6 Å². The Morgan fingerprint density at radius 2 is 1.94 bits per heavy atom. The summed E-state index contributed by atoms with van der Waals surface area (Å²) in [7, 11) is -3.85. The minimum absolute atomic E-state index is 0.0259. The molecule has 2 heterocycles. The zero-order chi connectivity index (χ0) is 23.8. The van der Waals surface area contributed by atoms with Crippen LogP contribution < -0.4 is 10.1 Å². The van der Waals surface area contributed by atoms with Crippen LogP contribution in [0.15, 0.2) is 41.3 Å². The molecule has 0 unspecified atom stereocenters. The molecule has 11 heteroatoms. The van der Waals surface area contributed by atoms with Gasteiger partial charge in [-0.25, -0.2) is 12.8 Å². The number of hydrogen-bond donors (Lipinski definition) is 1. The Morgan fingerprint density at radius 1 is 1.21 bits per heavy atom. The summed E-state index contributed by atoms with van der Waals surface area (Å²) in [5.74, 6) is -0.770. The molecule has 1 fully saturated rings. The van der Waals surface area contributed by atoms with E-state index in [9.17, 15) is 22.4 Å². The smallest absolute Gasteiger partial charge is 0.265 e. The highest BCUT2D eigenvalue weighted by Gasteiger charge is 2.32. The molecule has 2 aliphatic heterocycles. The SMILES string of the molecule is CC[C@H]1Oc2ccc(S(=O)(=O)N3CCN(C(=O)Cc4c(F)cccc4Cl)CC3)cc2NC1=O. The molecule has 0 aliphatic carbocycles. The van der Waals surface area contributed by atoms with Gasteiger partial charge in [0.25, 0.3) is 5.91 Å². The molecule has 176 valence electrons. The number of benzene rings is 2. The molecule has 0 radical (unpaired) electrons. The standard InChI is InChI=1S/C22H23ClFN3O5S/c1-2-19-22(29)25-18-12-14(6-7-20(18)32-19)33(30,31)27-10-8-26(9-11-27)21(28)13-15-16(23)4-3-5-17(15)24/h3-7,12,19H,2,8-11,13H2,1H3,(H,25,29)/t19-/m1/s1. The largest absolute Gasteiger partial charge is 0.478 e. The minimum Gasteiger partial charge on any atom is -0.478 e. The van der Waals surface area contributed by atoms with Gasteiger partial charge in [0.05, 0.1) is 17.0 Å². The van der Waals surface area contributed by atoms with Crippen LogP contribution in [0.4, 0.5) is 10.1 Å². The molecule has 0 aromatic heterocycles. The highest BCUT2D eigenvalue weighted by atomic mass is 35.5. The fourth-order valence-corrected chi connectivity index (χ4v) is 5.53. The maximum Gasteiger partial charge on any atom is 0.265 e. The van der Waals surface area contributed by atoms with Crippen LogP contribution in [0.2, 0.25) is 5.02 Å². The fourth-order valence-electron chi connectivity index (χ4n) is 3.85. The number of rotatable bonds is 5. The van der Waals surface area contributed by atoms with E-state index < -0.39 is 21.9 Å². The Morgan fingerprint density at radius 3 is 2.61 bits per heavy atom. The van der Waals surface area contributed by atoms with Gasteiger partial charge in [-0.05, 0) is 36.8 Å². The van der Waals surface area contributed by atoms with Crippen molar-refractivity contribution in [3.63, 3.8) is 0 Å². The van der Waals surface area contributed by atoms with Crippen LogP contribution in [0.5, 0.6) is 5.75 Å². The van der Waals surface area contributed by atoms with E-state index >= 15 is 0 Å². The first-order chi connectivity index (χ1) is 15.7. The van der Waals surface area contributed by atoms with Gasteiger partial charge in [-0.2, -0.15) is 4.31 Å². The van der Waals surface area contributed by atoms with Crippen molar-refractivity contribution in [2.24, 2.45) is 0 Å². The van der Waals surface area contributed by atoms with Gasteiger partial charge in [0.2, 0.25) is 15.9 Å². The highest BCUT2D eigenvalue weighted by Crippen LogP contribution is 2.33. The summed E-state index contributed by atoms with van der Waals surface area (Å²) in [6.45, 7) is 2.36. The maximum atomic E-state index is 14.0. The zero-order valence-electron chi connectivity index (χ0n) is 17.9. The molecule has 2 amide bonds. The van der Waals surface area contributed by atoms with E-state index in [4.69, 9.17) is 16.3 Å². The lowest BCUT2D eigenvalue weighted by molar-refractivity contribution is -0.131. The Hall–Kier alpha value is -2.69. The third kappa shape index (κ3) is 4.68. The lowest BCUT2D eigenvalue weighted by atomic mass is 10.1. The number of fused-ring (bicyclic) bond motifs is 1. The lowest BCUT2D eigenvalue weighted by Gasteiger charge is -2.34. The van der Waals surface area contributed by atoms with Crippen molar-refractivity contribution >= 4 is 39.1 Å². The van der Waals surface area contributed by atoms with Gasteiger partial charge in [0.15, 0.2) is 6.10 Å². The van der Waals surface area contributed by atoms with Crippen LogP contribution in [0.25, 0.3) is 0 Å². The molecule has 33 heavy (non-hydrogen) atoms. The Bertz CT molecular complexity index is 1180. The molecule has 1 saturated heterocycles. The van der Waals surface area contributed by atoms with Crippen LogP contribution in [0, 0.1) is 5.82 Å². The number of nitrogens with one attached hydrogen (secondary N) is 1. The number of carbonyl (C=O) groups is 2. The summed E-state index contributed by atoms with van der Waals surface area (Å²) in [4.78, 5) is 26.2. The quantitative estimate of drug-likeness (QED) is 0.688. The molecule has 4 rings (SSSR count). The van der Waals surface area contributed by atoms with Crippen LogP contribution in [0.1, 0.15) is 18.9 Å². The summed E-state index contributed by atoms with van der Waals surface area (Å²) in [6, 6.07) is 8.58.